The first-order valence-electron chi connectivity index (χ1n) is 4.82. The van der Waals surface area contributed by atoms with Crippen molar-refractivity contribution in [1.29, 1.82) is 0 Å². The third-order valence-electron chi connectivity index (χ3n) is 2.29. The predicted octanol–water partition coefficient (Wildman–Crippen LogP) is 3.41. The summed E-state index contributed by atoms with van der Waals surface area (Å²) in [5.41, 5.74) is 1.50. The highest BCUT2D eigenvalue weighted by molar-refractivity contribution is 6.17. The van der Waals surface area contributed by atoms with Crippen molar-refractivity contribution in [3.05, 3.63) is 29.6 Å². The molecule has 0 radical (unpaired) electrons. The van der Waals surface area contributed by atoms with Crippen LogP contribution >= 0.6 is 11.6 Å². The lowest BCUT2D eigenvalue weighted by Crippen LogP contribution is -2.24. The molecule has 0 amide bonds. The standard InChI is InChI=1S/C11H15ClFN/c1-3-14(4-2)11-9(8-12)6-5-7-10(11)13/h5-7H,3-4,8H2,1-2H3. The molecule has 1 aromatic carbocycles. The first-order valence-corrected chi connectivity index (χ1v) is 5.36. The summed E-state index contributed by atoms with van der Waals surface area (Å²) in [6.45, 7) is 5.60. The first kappa shape index (κ1) is 11.3. The molecule has 1 rings (SSSR count). The van der Waals surface area contributed by atoms with E-state index in [1.807, 2.05) is 24.8 Å². The van der Waals surface area contributed by atoms with Crippen LogP contribution in [0.3, 0.4) is 0 Å². The molecule has 78 valence electrons. The molecule has 0 aliphatic carbocycles. The SMILES string of the molecule is CCN(CC)c1c(F)cccc1CCl. The van der Waals surface area contributed by atoms with Crippen LogP contribution in [0.15, 0.2) is 18.2 Å². The molecule has 1 aromatic rings. The van der Waals surface area contributed by atoms with Crippen LogP contribution in [0.5, 0.6) is 0 Å². The van der Waals surface area contributed by atoms with Crippen LogP contribution < -0.4 is 4.90 Å². The van der Waals surface area contributed by atoms with Crippen molar-refractivity contribution in [1.82, 2.24) is 0 Å². The molecular formula is C11H15ClFN. The Morgan fingerprint density at radius 1 is 1.29 bits per heavy atom. The van der Waals surface area contributed by atoms with Gasteiger partial charge < -0.3 is 4.90 Å². The van der Waals surface area contributed by atoms with Crippen molar-refractivity contribution in [2.24, 2.45) is 0 Å². The highest BCUT2D eigenvalue weighted by atomic mass is 35.5. The van der Waals surface area contributed by atoms with E-state index in [0.29, 0.717) is 11.6 Å². The molecule has 0 aromatic heterocycles. The van der Waals surface area contributed by atoms with E-state index in [1.54, 1.807) is 6.07 Å². The molecule has 0 aliphatic rings. The number of para-hydroxylation sites is 1. The Hall–Kier alpha value is -0.760. The summed E-state index contributed by atoms with van der Waals surface area (Å²) in [4.78, 5) is 1.98. The summed E-state index contributed by atoms with van der Waals surface area (Å²) in [5.74, 6) is 0.163. The Balaban J connectivity index is 3.14. The highest BCUT2D eigenvalue weighted by Crippen LogP contribution is 2.25. The molecule has 0 spiro atoms. The van der Waals surface area contributed by atoms with Gasteiger partial charge in [-0.1, -0.05) is 12.1 Å². The van der Waals surface area contributed by atoms with Gasteiger partial charge in [-0.2, -0.15) is 0 Å². The Kier molecular flexibility index (Phi) is 4.21. The zero-order chi connectivity index (χ0) is 10.6. The Morgan fingerprint density at radius 3 is 2.43 bits per heavy atom. The number of hydrogen-bond acceptors (Lipinski definition) is 1. The van der Waals surface area contributed by atoms with E-state index in [4.69, 9.17) is 11.6 Å². The van der Waals surface area contributed by atoms with E-state index in [1.165, 1.54) is 6.07 Å². The van der Waals surface area contributed by atoms with Gasteiger partial charge in [0.1, 0.15) is 5.82 Å². The Morgan fingerprint density at radius 2 is 1.93 bits per heavy atom. The quantitative estimate of drug-likeness (QED) is 0.696. The second-order valence-corrected chi connectivity index (χ2v) is 3.32. The van der Waals surface area contributed by atoms with Crippen molar-refractivity contribution in [2.45, 2.75) is 19.7 Å². The van der Waals surface area contributed by atoms with Gasteiger partial charge in [-0.25, -0.2) is 4.39 Å². The predicted molar refractivity (Wildman–Crippen MR) is 59.5 cm³/mol. The van der Waals surface area contributed by atoms with Crippen LogP contribution in [0.2, 0.25) is 0 Å². The summed E-state index contributed by atoms with van der Waals surface area (Å²) >= 11 is 5.77. The maximum atomic E-state index is 13.6. The Bertz CT molecular complexity index is 297. The monoisotopic (exact) mass is 215 g/mol. The van der Waals surface area contributed by atoms with Crippen LogP contribution in [0, 0.1) is 5.82 Å². The molecule has 0 heterocycles. The fourth-order valence-corrected chi connectivity index (χ4v) is 1.78. The molecular weight excluding hydrogens is 201 g/mol. The van der Waals surface area contributed by atoms with Gasteiger partial charge in [0.15, 0.2) is 0 Å². The van der Waals surface area contributed by atoms with Crippen LogP contribution in [0.4, 0.5) is 10.1 Å². The van der Waals surface area contributed by atoms with Crippen LogP contribution in [-0.4, -0.2) is 13.1 Å². The number of hydrogen-bond donors (Lipinski definition) is 0. The number of rotatable bonds is 4. The fourth-order valence-electron chi connectivity index (χ4n) is 1.56. The number of alkyl halides is 1. The van der Waals surface area contributed by atoms with Gasteiger partial charge in [0.05, 0.1) is 5.69 Å². The van der Waals surface area contributed by atoms with Gasteiger partial charge in [-0.15, -0.1) is 11.6 Å². The van der Waals surface area contributed by atoms with E-state index in [2.05, 4.69) is 0 Å². The molecule has 1 nitrogen and oxygen atoms in total. The fraction of sp³-hybridized carbons (Fsp3) is 0.455. The van der Waals surface area contributed by atoms with Gasteiger partial charge in [0, 0.05) is 19.0 Å². The molecule has 0 atom stereocenters. The number of benzene rings is 1. The van der Waals surface area contributed by atoms with Crippen LogP contribution in [0.25, 0.3) is 0 Å². The molecule has 3 heteroatoms. The molecule has 0 fully saturated rings. The zero-order valence-electron chi connectivity index (χ0n) is 8.56. The third-order valence-corrected chi connectivity index (χ3v) is 2.58. The van der Waals surface area contributed by atoms with Crippen LogP contribution in [-0.2, 0) is 5.88 Å². The maximum absolute atomic E-state index is 13.6. The molecule has 0 N–H and O–H groups in total. The highest BCUT2D eigenvalue weighted by Gasteiger charge is 2.12. The van der Waals surface area contributed by atoms with E-state index >= 15 is 0 Å². The maximum Gasteiger partial charge on any atom is 0.146 e. The molecule has 0 saturated carbocycles. The summed E-state index contributed by atoms with van der Waals surface area (Å²) in [7, 11) is 0. The lowest BCUT2D eigenvalue weighted by atomic mass is 10.1. The average Bonchev–Trinajstić information content (AvgIpc) is 2.22. The van der Waals surface area contributed by atoms with Crippen molar-refractivity contribution >= 4 is 17.3 Å². The average molecular weight is 216 g/mol. The molecule has 0 unspecified atom stereocenters. The van der Waals surface area contributed by atoms with Crippen LogP contribution in [0.1, 0.15) is 19.4 Å². The molecule has 0 aliphatic heterocycles. The normalized spacial score (nSPS) is 10.3. The number of anilines is 1. The number of nitrogens with zero attached hydrogens (tertiary/aromatic N) is 1. The van der Waals surface area contributed by atoms with E-state index < -0.39 is 0 Å². The largest absolute Gasteiger partial charge is 0.369 e. The number of halogens is 2. The first-order chi connectivity index (χ1) is 6.74. The minimum absolute atomic E-state index is 0.188. The summed E-state index contributed by atoms with van der Waals surface area (Å²) in [6, 6.07) is 5.04. The van der Waals surface area contributed by atoms with E-state index in [-0.39, 0.29) is 5.82 Å². The lowest BCUT2D eigenvalue weighted by Gasteiger charge is -2.23. The lowest BCUT2D eigenvalue weighted by molar-refractivity contribution is 0.618. The molecule has 0 bridgehead atoms. The van der Waals surface area contributed by atoms with Gasteiger partial charge >= 0.3 is 0 Å². The van der Waals surface area contributed by atoms with E-state index in [9.17, 15) is 4.39 Å². The smallest absolute Gasteiger partial charge is 0.146 e. The van der Waals surface area contributed by atoms with Gasteiger partial charge in [0.25, 0.3) is 0 Å². The van der Waals surface area contributed by atoms with Gasteiger partial charge in [-0.05, 0) is 25.5 Å². The summed E-state index contributed by atoms with van der Waals surface area (Å²) in [5, 5.41) is 0. The van der Waals surface area contributed by atoms with Gasteiger partial charge in [0.2, 0.25) is 0 Å². The summed E-state index contributed by atoms with van der Waals surface area (Å²) < 4.78 is 13.6. The van der Waals surface area contributed by atoms with Crippen molar-refractivity contribution in [3.8, 4) is 0 Å². The van der Waals surface area contributed by atoms with Crippen molar-refractivity contribution in [3.63, 3.8) is 0 Å². The molecule has 14 heavy (non-hydrogen) atoms. The minimum atomic E-state index is -0.188. The van der Waals surface area contributed by atoms with E-state index in [0.717, 1.165) is 18.7 Å². The zero-order valence-corrected chi connectivity index (χ0v) is 9.31. The third kappa shape index (κ3) is 2.18. The second kappa shape index (κ2) is 5.20. The van der Waals surface area contributed by atoms with Crippen molar-refractivity contribution in [2.75, 3.05) is 18.0 Å². The van der Waals surface area contributed by atoms with Crippen molar-refractivity contribution < 1.29 is 4.39 Å². The van der Waals surface area contributed by atoms with Gasteiger partial charge in [-0.3, -0.25) is 0 Å². The Labute approximate surface area is 89.5 Å². The second-order valence-electron chi connectivity index (χ2n) is 3.05. The minimum Gasteiger partial charge on any atom is -0.369 e. The molecule has 0 saturated heterocycles. The summed E-state index contributed by atoms with van der Waals surface area (Å²) in [6.07, 6.45) is 0. The topological polar surface area (TPSA) is 3.24 Å².